The first-order valence-electron chi connectivity index (χ1n) is 6.58. The van der Waals surface area contributed by atoms with Crippen LogP contribution < -0.4 is 0 Å². The molecule has 0 spiro atoms. The number of aliphatic carboxylic acids is 1. The fourth-order valence-electron chi connectivity index (χ4n) is 2.71. The number of carbonyl (C=O) groups is 2. The maximum Gasteiger partial charge on any atom is 0.406 e. The molecule has 2 fully saturated rings. The predicted octanol–water partition coefficient (Wildman–Crippen LogP) is 1.88. The molecule has 0 aromatic rings. The number of urea groups is 1. The van der Waals surface area contributed by atoms with Gasteiger partial charge in [-0.3, -0.25) is 4.79 Å². The number of nitrogens with zero attached hydrogens (tertiary/aromatic N) is 2. The van der Waals surface area contributed by atoms with Crippen molar-refractivity contribution in [1.29, 1.82) is 0 Å². The van der Waals surface area contributed by atoms with Gasteiger partial charge in [0.15, 0.2) is 5.41 Å². The second-order valence-corrected chi connectivity index (χ2v) is 6.62. The molecule has 2 aliphatic heterocycles. The van der Waals surface area contributed by atoms with E-state index in [2.05, 4.69) is 0 Å². The molecule has 0 aliphatic carbocycles. The third-order valence-corrected chi connectivity index (χ3v) is 5.39. The highest BCUT2D eigenvalue weighted by molar-refractivity contribution is 7.99. The molecular formula is C12H17F3N2O3S. The fraction of sp³-hybridized carbons (Fsp3) is 0.833. The zero-order chi connectivity index (χ0) is 15.8. The molecule has 2 amide bonds. The molecule has 2 saturated heterocycles. The van der Waals surface area contributed by atoms with Crippen LogP contribution in [0.25, 0.3) is 0 Å². The molecular weight excluding hydrogens is 309 g/mol. The molecule has 1 N–H and O–H groups in total. The highest BCUT2D eigenvalue weighted by Gasteiger charge is 2.64. The van der Waals surface area contributed by atoms with Gasteiger partial charge in [-0.05, 0) is 18.6 Å². The summed E-state index contributed by atoms with van der Waals surface area (Å²) in [6, 6.07) is -0.511. The number of carbonyl (C=O) groups excluding carboxylic acids is 1. The molecule has 2 rings (SSSR count). The second-order valence-electron chi connectivity index (χ2n) is 5.47. The normalized spacial score (nSPS) is 29.7. The summed E-state index contributed by atoms with van der Waals surface area (Å²) in [4.78, 5) is 25.8. The summed E-state index contributed by atoms with van der Waals surface area (Å²) in [7, 11) is 1.56. The maximum atomic E-state index is 13.1. The van der Waals surface area contributed by atoms with Crippen LogP contribution in [0.5, 0.6) is 0 Å². The summed E-state index contributed by atoms with van der Waals surface area (Å²) >= 11 is 1.69. The molecule has 0 saturated carbocycles. The number of carboxylic acid groups (broad SMARTS) is 1. The average Bonchev–Trinajstić information content (AvgIpc) is 3.05. The molecule has 2 unspecified atom stereocenters. The lowest BCUT2D eigenvalue weighted by Crippen LogP contribution is -2.50. The van der Waals surface area contributed by atoms with Crippen LogP contribution >= 0.6 is 11.8 Å². The van der Waals surface area contributed by atoms with Crippen LogP contribution in [0.3, 0.4) is 0 Å². The van der Waals surface area contributed by atoms with Crippen LogP contribution in [0, 0.1) is 5.41 Å². The lowest BCUT2D eigenvalue weighted by molar-refractivity contribution is -0.227. The topological polar surface area (TPSA) is 60.9 Å². The minimum atomic E-state index is -4.87. The van der Waals surface area contributed by atoms with E-state index < -0.39 is 36.6 Å². The van der Waals surface area contributed by atoms with Crippen molar-refractivity contribution in [3.8, 4) is 0 Å². The number of likely N-dealkylation sites (tertiary alicyclic amines) is 1. The lowest BCUT2D eigenvalue weighted by atomic mass is 9.86. The van der Waals surface area contributed by atoms with Gasteiger partial charge in [-0.2, -0.15) is 24.9 Å². The van der Waals surface area contributed by atoms with Gasteiger partial charge in [0.05, 0.1) is 0 Å². The van der Waals surface area contributed by atoms with Gasteiger partial charge in [0.25, 0.3) is 0 Å². The molecule has 2 aliphatic rings. The quantitative estimate of drug-likeness (QED) is 0.842. The third-order valence-electron chi connectivity index (χ3n) is 4.25. The number of hydrogen-bond donors (Lipinski definition) is 1. The van der Waals surface area contributed by atoms with Crippen LogP contribution in [0.15, 0.2) is 0 Å². The number of rotatable bonds is 2. The maximum absolute atomic E-state index is 13.1. The Morgan fingerprint density at radius 3 is 2.52 bits per heavy atom. The number of halogens is 3. The first-order valence-corrected chi connectivity index (χ1v) is 7.74. The highest BCUT2D eigenvalue weighted by atomic mass is 32.2. The van der Waals surface area contributed by atoms with Crippen molar-refractivity contribution < 1.29 is 27.9 Å². The number of amides is 2. The average molecular weight is 326 g/mol. The van der Waals surface area contributed by atoms with E-state index in [1.54, 1.807) is 18.8 Å². The monoisotopic (exact) mass is 326 g/mol. The van der Waals surface area contributed by atoms with Gasteiger partial charge in [0.2, 0.25) is 0 Å². The summed E-state index contributed by atoms with van der Waals surface area (Å²) < 4.78 is 39.2. The van der Waals surface area contributed by atoms with E-state index in [-0.39, 0.29) is 12.6 Å². The molecule has 21 heavy (non-hydrogen) atoms. The van der Waals surface area contributed by atoms with Gasteiger partial charge in [-0.1, -0.05) is 0 Å². The Hall–Kier alpha value is -1.12. The van der Waals surface area contributed by atoms with Crippen LogP contribution in [0.1, 0.15) is 12.8 Å². The number of thioether (sulfide) groups is 1. The molecule has 2 heterocycles. The van der Waals surface area contributed by atoms with Crippen molar-refractivity contribution in [3.63, 3.8) is 0 Å². The summed E-state index contributed by atoms with van der Waals surface area (Å²) in [5, 5.41) is 8.97. The predicted molar refractivity (Wildman–Crippen MR) is 71.2 cm³/mol. The standard InChI is InChI=1S/C12H17F3N2O3S/c1-16(8-2-5-21-6-8)10(20)17-4-3-11(7-17,9(18)19)12(13,14)15/h8H,2-7H2,1H3,(H,18,19). The Kier molecular flexibility index (Phi) is 4.32. The van der Waals surface area contributed by atoms with Crippen LogP contribution in [-0.2, 0) is 4.79 Å². The van der Waals surface area contributed by atoms with Gasteiger partial charge >= 0.3 is 18.2 Å². The van der Waals surface area contributed by atoms with Crippen molar-refractivity contribution in [2.45, 2.75) is 25.1 Å². The van der Waals surface area contributed by atoms with Gasteiger partial charge in [-0.15, -0.1) is 0 Å². The van der Waals surface area contributed by atoms with Crippen LogP contribution in [0.4, 0.5) is 18.0 Å². The Bertz CT molecular complexity index is 440. The zero-order valence-corrected chi connectivity index (χ0v) is 12.3. The molecule has 120 valence electrons. The first-order chi connectivity index (χ1) is 9.69. The molecule has 5 nitrogen and oxygen atoms in total. The molecule has 2 atom stereocenters. The summed E-state index contributed by atoms with van der Waals surface area (Å²) in [5.41, 5.74) is -2.84. The Morgan fingerprint density at radius 2 is 2.10 bits per heavy atom. The Morgan fingerprint density at radius 1 is 1.43 bits per heavy atom. The van der Waals surface area contributed by atoms with Crippen molar-refractivity contribution in [2.75, 3.05) is 31.6 Å². The molecule has 9 heteroatoms. The summed E-state index contributed by atoms with van der Waals surface area (Å²) in [6.45, 7) is -0.996. The Balaban J connectivity index is 2.10. The van der Waals surface area contributed by atoms with Gasteiger partial charge in [0.1, 0.15) is 0 Å². The van der Waals surface area contributed by atoms with E-state index in [1.807, 2.05) is 0 Å². The van der Waals surface area contributed by atoms with Crippen molar-refractivity contribution in [2.24, 2.45) is 5.41 Å². The molecule has 0 radical (unpaired) electrons. The van der Waals surface area contributed by atoms with E-state index in [0.29, 0.717) is 0 Å². The van der Waals surface area contributed by atoms with E-state index >= 15 is 0 Å². The van der Waals surface area contributed by atoms with Gasteiger partial charge < -0.3 is 14.9 Å². The molecule has 0 aromatic carbocycles. The first kappa shape index (κ1) is 16.3. The number of carboxylic acids is 1. The van der Waals surface area contributed by atoms with E-state index in [0.717, 1.165) is 22.8 Å². The third kappa shape index (κ3) is 2.79. The fourth-order valence-corrected chi connectivity index (χ4v) is 3.97. The van der Waals surface area contributed by atoms with E-state index in [4.69, 9.17) is 5.11 Å². The second kappa shape index (κ2) is 5.58. The smallest absolute Gasteiger partial charge is 0.406 e. The van der Waals surface area contributed by atoms with Crippen LogP contribution in [0.2, 0.25) is 0 Å². The molecule has 0 aromatic heterocycles. The largest absolute Gasteiger partial charge is 0.481 e. The van der Waals surface area contributed by atoms with Gasteiger partial charge in [0, 0.05) is 31.9 Å². The number of alkyl halides is 3. The zero-order valence-electron chi connectivity index (χ0n) is 11.5. The van der Waals surface area contributed by atoms with Crippen LogP contribution in [-0.4, -0.2) is 70.8 Å². The van der Waals surface area contributed by atoms with E-state index in [1.165, 1.54) is 4.90 Å². The minimum Gasteiger partial charge on any atom is -0.481 e. The van der Waals surface area contributed by atoms with E-state index in [9.17, 15) is 22.8 Å². The Labute approximate surface area is 124 Å². The summed E-state index contributed by atoms with van der Waals surface area (Å²) in [6.07, 6.45) is -4.65. The van der Waals surface area contributed by atoms with Crippen molar-refractivity contribution >= 4 is 23.8 Å². The number of hydrogen-bond acceptors (Lipinski definition) is 3. The minimum absolute atomic E-state index is 0.00761. The van der Waals surface area contributed by atoms with Gasteiger partial charge in [-0.25, -0.2) is 4.79 Å². The SMILES string of the molecule is CN(C(=O)N1CCC(C(=O)O)(C(F)(F)F)C1)C1CCSC1. The summed E-state index contributed by atoms with van der Waals surface area (Å²) in [5.74, 6) is -0.229. The highest BCUT2D eigenvalue weighted by Crippen LogP contribution is 2.46. The molecule has 0 bridgehead atoms. The van der Waals surface area contributed by atoms with Crippen molar-refractivity contribution in [1.82, 2.24) is 9.80 Å². The lowest BCUT2D eigenvalue weighted by Gasteiger charge is -2.31. The van der Waals surface area contributed by atoms with Crippen molar-refractivity contribution in [3.05, 3.63) is 0 Å².